The van der Waals surface area contributed by atoms with E-state index in [0.717, 1.165) is 38.6 Å². The molecule has 0 unspecified atom stereocenters. The van der Waals surface area contributed by atoms with Crippen molar-refractivity contribution in [1.82, 2.24) is 4.57 Å². The zero-order valence-electron chi connectivity index (χ0n) is 27.0. The van der Waals surface area contributed by atoms with E-state index >= 15 is 0 Å². The maximum atomic E-state index is 10.8. The highest BCUT2D eigenvalue weighted by Gasteiger charge is 2.41. The molecule has 0 spiro atoms. The minimum absolute atomic E-state index is 0.523. The molecule has 0 bridgehead atoms. The zero-order chi connectivity index (χ0) is 34.1. The highest BCUT2D eigenvalue weighted by molar-refractivity contribution is 7.19. The summed E-state index contributed by atoms with van der Waals surface area (Å²) < 4.78 is 2.08. The number of rotatable bonds is 6. The third-order valence-corrected chi connectivity index (χ3v) is 14.4. The first-order valence-corrected chi connectivity index (χ1v) is 18.3. The van der Waals surface area contributed by atoms with Crippen LogP contribution >= 0.6 is 0 Å². The summed E-state index contributed by atoms with van der Waals surface area (Å²) in [5, 5.41) is 27.3. The van der Waals surface area contributed by atoms with Crippen LogP contribution in [0.15, 0.2) is 170 Å². The lowest BCUT2D eigenvalue weighted by atomic mass is 9.98. The maximum absolute atomic E-state index is 10.8. The molecule has 4 nitrogen and oxygen atoms in total. The summed E-state index contributed by atoms with van der Waals surface area (Å²) in [5.74, 6) is 0. The Hall–Kier alpha value is -6.97. The molecule has 0 fully saturated rings. The van der Waals surface area contributed by atoms with E-state index in [-0.39, 0.29) is 0 Å². The van der Waals surface area contributed by atoms with Crippen molar-refractivity contribution in [3.8, 4) is 29.0 Å². The molecule has 50 heavy (non-hydrogen) atoms. The van der Waals surface area contributed by atoms with E-state index in [9.17, 15) is 10.5 Å². The van der Waals surface area contributed by atoms with Crippen molar-refractivity contribution in [3.63, 3.8) is 0 Å². The molecule has 8 rings (SSSR count). The predicted molar refractivity (Wildman–Crippen MR) is 206 cm³/mol. The largest absolute Gasteiger partial charge is 0.308 e. The van der Waals surface area contributed by atoms with Crippen molar-refractivity contribution in [2.45, 2.75) is 0 Å². The standard InChI is InChI=1S/C45H28N4Si/c1-48-34-23-27-45-41(29-34)40-28-32(30-46)20-26-44(40)49(45)43-19-11-18-39(42(43)31-47)33-21-24-38(25-22-33)50(35-12-5-2-6-13-35,36-14-7-3-8-15-36)37-16-9-4-10-17-37/h2-29H. The molecule has 0 aliphatic carbocycles. The van der Waals surface area contributed by atoms with Crippen LogP contribution < -0.4 is 20.7 Å². The quantitative estimate of drug-likeness (QED) is 0.104. The van der Waals surface area contributed by atoms with Crippen LogP contribution in [0.3, 0.4) is 0 Å². The number of nitriles is 2. The molecule has 0 N–H and O–H groups in total. The Bertz CT molecular complexity index is 2490. The summed E-state index contributed by atoms with van der Waals surface area (Å²) in [4.78, 5) is 3.65. The monoisotopic (exact) mass is 652 g/mol. The molecule has 0 aliphatic rings. The zero-order valence-corrected chi connectivity index (χ0v) is 28.0. The Balaban J connectivity index is 1.33. The van der Waals surface area contributed by atoms with Gasteiger partial charge in [0.15, 0.2) is 13.8 Å². The van der Waals surface area contributed by atoms with Gasteiger partial charge in [0, 0.05) is 10.9 Å². The molecule has 8 aromatic rings. The van der Waals surface area contributed by atoms with Crippen LogP contribution in [0.2, 0.25) is 0 Å². The number of fused-ring (bicyclic) bond motifs is 3. The Kier molecular flexibility index (Phi) is 7.63. The van der Waals surface area contributed by atoms with Gasteiger partial charge in [-0.25, -0.2) is 4.85 Å². The van der Waals surface area contributed by atoms with Crippen LogP contribution in [0.25, 0.3) is 43.5 Å². The highest BCUT2D eigenvalue weighted by atomic mass is 28.3. The summed E-state index contributed by atoms with van der Waals surface area (Å²) >= 11 is 0. The molecule has 1 heterocycles. The van der Waals surface area contributed by atoms with Gasteiger partial charge in [-0.15, -0.1) is 0 Å². The van der Waals surface area contributed by atoms with Gasteiger partial charge in [-0.3, -0.25) is 0 Å². The SMILES string of the molecule is [C-]#[N+]c1ccc2c(c1)c1cc(C#N)ccc1n2-c1cccc(-c2ccc([Si](c3ccccc3)(c3ccccc3)c3ccccc3)cc2)c1C#N. The number of hydrogen-bond donors (Lipinski definition) is 0. The Morgan fingerprint density at radius 1 is 0.520 bits per heavy atom. The van der Waals surface area contributed by atoms with E-state index in [1.807, 2.05) is 42.5 Å². The van der Waals surface area contributed by atoms with Gasteiger partial charge in [-0.2, -0.15) is 10.5 Å². The minimum atomic E-state index is -2.69. The van der Waals surface area contributed by atoms with Crippen LogP contribution in [-0.4, -0.2) is 12.6 Å². The Morgan fingerprint density at radius 3 is 1.60 bits per heavy atom. The number of nitrogens with zero attached hydrogens (tertiary/aromatic N) is 4. The second kappa shape index (κ2) is 12.6. The fraction of sp³-hybridized carbons (Fsp3) is 0. The van der Waals surface area contributed by atoms with E-state index in [1.54, 1.807) is 12.1 Å². The third-order valence-electron chi connectivity index (χ3n) is 9.65. The first kappa shape index (κ1) is 30.4. The van der Waals surface area contributed by atoms with Crippen LogP contribution in [0.1, 0.15) is 11.1 Å². The van der Waals surface area contributed by atoms with Gasteiger partial charge in [0.05, 0.1) is 40.5 Å². The smallest absolute Gasteiger partial charge is 0.188 e. The normalized spacial score (nSPS) is 11.1. The lowest BCUT2D eigenvalue weighted by Crippen LogP contribution is -2.74. The van der Waals surface area contributed by atoms with E-state index in [2.05, 4.69) is 137 Å². The third kappa shape index (κ3) is 4.80. The molecule has 0 radical (unpaired) electrons. The van der Waals surface area contributed by atoms with Gasteiger partial charge in [-0.05, 0) is 68.1 Å². The van der Waals surface area contributed by atoms with Gasteiger partial charge in [-0.1, -0.05) is 133 Å². The maximum Gasteiger partial charge on any atom is 0.188 e. The second-order valence-corrected chi connectivity index (χ2v) is 16.0. The molecule has 0 amide bonds. The van der Waals surface area contributed by atoms with Crippen molar-refractivity contribution in [1.29, 1.82) is 10.5 Å². The van der Waals surface area contributed by atoms with Crippen LogP contribution in [0.4, 0.5) is 5.69 Å². The number of benzene rings is 7. The molecule has 0 aliphatic heterocycles. The summed E-state index contributed by atoms with van der Waals surface area (Å²) in [7, 11) is -2.69. The van der Waals surface area contributed by atoms with Crippen molar-refractivity contribution in [2.75, 3.05) is 0 Å². The highest BCUT2D eigenvalue weighted by Crippen LogP contribution is 2.37. The van der Waals surface area contributed by atoms with Gasteiger partial charge in [0.1, 0.15) is 6.07 Å². The van der Waals surface area contributed by atoms with Gasteiger partial charge in [0.25, 0.3) is 0 Å². The number of aromatic nitrogens is 1. The fourth-order valence-corrected chi connectivity index (χ4v) is 12.2. The van der Waals surface area contributed by atoms with Crippen LogP contribution in [0.5, 0.6) is 0 Å². The van der Waals surface area contributed by atoms with Crippen molar-refractivity contribution >= 4 is 56.3 Å². The lowest BCUT2D eigenvalue weighted by molar-refractivity contribution is 1.17. The summed E-state index contributed by atoms with van der Waals surface area (Å²) in [6.45, 7) is 7.59. The molecule has 0 saturated carbocycles. The van der Waals surface area contributed by atoms with E-state index < -0.39 is 8.07 Å². The van der Waals surface area contributed by atoms with E-state index in [0.29, 0.717) is 16.8 Å². The summed E-state index contributed by atoms with van der Waals surface area (Å²) in [6.07, 6.45) is 0. The first-order chi connectivity index (χ1) is 24.7. The van der Waals surface area contributed by atoms with Crippen LogP contribution in [-0.2, 0) is 0 Å². The molecule has 7 aromatic carbocycles. The van der Waals surface area contributed by atoms with E-state index in [4.69, 9.17) is 6.57 Å². The Labute approximate surface area is 291 Å². The lowest BCUT2D eigenvalue weighted by Gasteiger charge is -2.34. The van der Waals surface area contributed by atoms with Crippen LogP contribution in [0, 0.1) is 29.2 Å². The molecule has 5 heteroatoms. The molecule has 232 valence electrons. The van der Waals surface area contributed by atoms with Gasteiger partial charge < -0.3 is 4.57 Å². The average molecular weight is 653 g/mol. The second-order valence-electron chi connectivity index (χ2n) is 12.2. The first-order valence-electron chi connectivity index (χ1n) is 16.3. The molecular formula is C45H28N4Si. The van der Waals surface area contributed by atoms with Crippen molar-refractivity contribution in [2.24, 2.45) is 0 Å². The van der Waals surface area contributed by atoms with Gasteiger partial charge in [0.2, 0.25) is 0 Å². The topological polar surface area (TPSA) is 56.9 Å². The fourth-order valence-electron chi connectivity index (χ4n) is 7.46. The van der Waals surface area contributed by atoms with Crippen molar-refractivity contribution in [3.05, 3.63) is 192 Å². The Morgan fingerprint density at radius 2 is 1.06 bits per heavy atom. The van der Waals surface area contributed by atoms with Crippen molar-refractivity contribution < 1.29 is 0 Å². The average Bonchev–Trinajstić information content (AvgIpc) is 3.52. The summed E-state index contributed by atoms with van der Waals surface area (Å²) in [6, 6.07) is 63.2. The summed E-state index contributed by atoms with van der Waals surface area (Å²) in [5.41, 5.74) is 5.89. The van der Waals surface area contributed by atoms with E-state index in [1.165, 1.54) is 20.7 Å². The molecule has 1 aromatic heterocycles. The van der Waals surface area contributed by atoms with Gasteiger partial charge >= 0.3 is 0 Å². The molecule has 0 saturated heterocycles. The molecular weight excluding hydrogens is 625 g/mol. The molecule has 0 atom stereocenters. The minimum Gasteiger partial charge on any atom is -0.308 e. The number of hydrogen-bond acceptors (Lipinski definition) is 2. The predicted octanol–water partition coefficient (Wildman–Crippen LogP) is 8.12.